The van der Waals surface area contributed by atoms with Crippen LogP contribution in [-0.2, 0) is 32.7 Å². The lowest BCUT2D eigenvalue weighted by Crippen LogP contribution is -2.29. The zero-order valence-electron chi connectivity index (χ0n) is 29.8. The molecule has 10 nitrogen and oxygen atoms in total. The Kier molecular flexibility index (Phi) is 32.3. The van der Waals surface area contributed by atoms with Gasteiger partial charge in [-0.2, -0.15) is 0 Å². The average Bonchev–Trinajstić information content (AvgIpc) is 3.05. The molecule has 0 aliphatic carbocycles. The van der Waals surface area contributed by atoms with E-state index in [0.29, 0.717) is 12.8 Å². The van der Waals surface area contributed by atoms with Crippen molar-refractivity contribution in [3.8, 4) is 0 Å². The van der Waals surface area contributed by atoms with E-state index in [9.17, 15) is 24.2 Å². The number of carbonyl (C=O) groups is 2. The Hall–Kier alpha value is -1.29. The molecule has 0 aliphatic rings. The van der Waals surface area contributed by atoms with Gasteiger partial charge in [-0.25, -0.2) is 4.57 Å². The first-order valence-electron chi connectivity index (χ1n) is 18.6. The lowest BCUT2D eigenvalue weighted by molar-refractivity contribution is -0.161. The third-order valence-corrected chi connectivity index (χ3v) is 8.87. The molecule has 0 heterocycles. The van der Waals surface area contributed by atoms with Crippen LogP contribution in [0.1, 0.15) is 168 Å². The fourth-order valence-corrected chi connectivity index (χ4v) is 5.78. The van der Waals surface area contributed by atoms with Crippen molar-refractivity contribution < 1.29 is 47.8 Å². The van der Waals surface area contributed by atoms with Crippen LogP contribution in [0.15, 0.2) is 12.2 Å². The van der Waals surface area contributed by atoms with E-state index in [0.717, 1.165) is 57.8 Å². The standard InChI is InChI=1S/C36H69O10P/c1-3-5-7-9-11-13-15-16-18-20-22-24-26-28-36(40)46-34(32-45-47(41,42)44-30-33(38)29-37)31-43-35(39)27-25-23-21-19-17-14-12-10-8-6-4-2/h13,15,33-34,37-38H,3-12,14,16-32H2,1-2H3,(H,41,42)/b15-13+/t33-,34+/m0/s1. The van der Waals surface area contributed by atoms with E-state index in [4.69, 9.17) is 19.1 Å². The van der Waals surface area contributed by atoms with Crippen LogP contribution in [0.5, 0.6) is 0 Å². The van der Waals surface area contributed by atoms with Gasteiger partial charge in [0.2, 0.25) is 0 Å². The Morgan fingerprint density at radius 3 is 1.55 bits per heavy atom. The second kappa shape index (κ2) is 33.2. The smallest absolute Gasteiger partial charge is 0.462 e. The number of unbranched alkanes of at least 4 members (excludes halogenated alkanes) is 19. The van der Waals surface area contributed by atoms with Crippen LogP contribution in [-0.4, -0.2) is 65.7 Å². The van der Waals surface area contributed by atoms with Crippen molar-refractivity contribution in [2.45, 2.75) is 180 Å². The molecular weight excluding hydrogens is 623 g/mol. The number of hydrogen-bond donors (Lipinski definition) is 3. The van der Waals surface area contributed by atoms with Crippen LogP contribution < -0.4 is 0 Å². The minimum Gasteiger partial charge on any atom is -0.462 e. The molecule has 0 amide bonds. The molecule has 3 N–H and O–H groups in total. The number of hydrogen-bond acceptors (Lipinski definition) is 9. The highest BCUT2D eigenvalue weighted by Gasteiger charge is 2.27. The van der Waals surface area contributed by atoms with Crippen molar-refractivity contribution in [3.05, 3.63) is 12.2 Å². The second-order valence-electron chi connectivity index (χ2n) is 12.6. The van der Waals surface area contributed by atoms with Crippen molar-refractivity contribution in [2.75, 3.05) is 26.4 Å². The van der Waals surface area contributed by atoms with Gasteiger partial charge >= 0.3 is 19.8 Å². The first kappa shape index (κ1) is 45.7. The minimum absolute atomic E-state index is 0.177. The lowest BCUT2D eigenvalue weighted by atomic mass is 10.1. The topological polar surface area (TPSA) is 149 Å². The molecule has 0 bridgehead atoms. The van der Waals surface area contributed by atoms with Crippen molar-refractivity contribution in [2.24, 2.45) is 0 Å². The first-order chi connectivity index (χ1) is 22.7. The van der Waals surface area contributed by atoms with Gasteiger partial charge in [0, 0.05) is 12.8 Å². The number of allylic oxidation sites excluding steroid dienone is 2. The van der Waals surface area contributed by atoms with E-state index in [-0.39, 0.29) is 19.4 Å². The van der Waals surface area contributed by atoms with Gasteiger partial charge in [0.25, 0.3) is 0 Å². The van der Waals surface area contributed by atoms with Gasteiger partial charge in [0.15, 0.2) is 6.10 Å². The summed E-state index contributed by atoms with van der Waals surface area (Å²) < 4.78 is 32.5. The van der Waals surface area contributed by atoms with E-state index >= 15 is 0 Å². The molecule has 0 aromatic heterocycles. The van der Waals surface area contributed by atoms with Gasteiger partial charge < -0.3 is 24.6 Å². The normalized spacial score (nSPS) is 14.2. The first-order valence-corrected chi connectivity index (χ1v) is 20.1. The molecule has 0 rings (SSSR count). The minimum atomic E-state index is -4.60. The summed E-state index contributed by atoms with van der Waals surface area (Å²) in [4.78, 5) is 34.7. The summed E-state index contributed by atoms with van der Waals surface area (Å²) in [5, 5.41) is 18.2. The second-order valence-corrected chi connectivity index (χ2v) is 14.1. The fraction of sp³-hybridized carbons (Fsp3) is 0.889. The van der Waals surface area contributed by atoms with Crippen molar-refractivity contribution in [3.63, 3.8) is 0 Å². The Morgan fingerprint density at radius 2 is 1.04 bits per heavy atom. The molecular formula is C36H69O10P. The van der Waals surface area contributed by atoms with E-state index in [1.54, 1.807) is 0 Å². The molecule has 0 spiro atoms. The summed E-state index contributed by atoms with van der Waals surface area (Å²) in [6.45, 7) is 2.33. The third kappa shape index (κ3) is 33.0. The molecule has 0 aromatic carbocycles. The van der Waals surface area contributed by atoms with Crippen molar-refractivity contribution >= 4 is 19.8 Å². The van der Waals surface area contributed by atoms with E-state index in [1.807, 2.05) is 0 Å². The van der Waals surface area contributed by atoms with Gasteiger partial charge in [-0.05, 0) is 38.5 Å². The van der Waals surface area contributed by atoms with Gasteiger partial charge in [0.1, 0.15) is 12.7 Å². The van der Waals surface area contributed by atoms with E-state index < -0.39 is 51.8 Å². The number of carbonyl (C=O) groups excluding carboxylic acids is 2. The number of aliphatic hydroxyl groups excluding tert-OH is 2. The number of rotatable bonds is 35. The molecule has 278 valence electrons. The molecule has 0 aromatic rings. The molecule has 3 atom stereocenters. The van der Waals surface area contributed by atoms with Gasteiger partial charge in [-0.1, -0.05) is 129 Å². The Balaban J connectivity index is 4.39. The predicted octanol–water partition coefficient (Wildman–Crippen LogP) is 8.89. The van der Waals surface area contributed by atoms with Gasteiger partial charge in [-0.3, -0.25) is 18.6 Å². The quantitative estimate of drug-likeness (QED) is 0.0254. The summed E-state index contributed by atoms with van der Waals surface area (Å²) >= 11 is 0. The summed E-state index contributed by atoms with van der Waals surface area (Å²) in [6.07, 6.45) is 27.5. The van der Waals surface area contributed by atoms with E-state index in [2.05, 4.69) is 30.5 Å². The Morgan fingerprint density at radius 1 is 0.617 bits per heavy atom. The molecule has 0 radical (unpaired) electrons. The summed E-state index contributed by atoms with van der Waals surface area (Å²) in [6, 6.07) is 0. The fourth-order valence-electron chi connectivity index (χ4n) is 4.99. The Bertz CT molecular complexity index is 807. The van der Waals surface area contributed by atoms with Crippen LogP contribution in [0.4, 0.5) is 0 Å². The summed E-state index contributed by atoms with van der Waals surface area (Å²) in [5.74, 6) is -0.932. The van der Waals surface area contributed by atoms with Crippen LogP contribution >= 0.6 is 7.82 Å². The number of phosphoric ester groups is 1. The molecule has 0 fully saturated rings. The maximum Gasteiger partial charge on any atom is 0.472 e. The number of phosphoric acid groups is 1. The molecule has 0 aliphatic heterocycles. The average molecular weight is 693 g/mol. The highest BCUT2D eigenvalue weighted by molar-refractivity contribution is 7.47. The SMILES string of the molecule is CCCCCC/C=C/CCCCCCCC(=O)O[C@H](COC(=O)CCCCCCCCCCCCC)COP(=O)(O)OC[C@@H](O)CO. The predicted molar refractivity (Wildman–Crippen MR) is 187 cm³/mol. The molecule has 0 saturated heterocycles. The maximum absolute atomic E-state index is 12.5. The number of ether oxygens (including phenoxy) is 2. The van der Waals surface area contributed by atoms with Crippen molar-refractivity contribution in [1.29, 1.82) is 0 Å². The lowest BCUT2D eigenvalue weighted by Gasteiger charge is -2.20. The number of aliphatic hydroxyl groups is 2. The number of esters is 2. The monoisotopic (exact) mass is 692 g/mol. The highest BCUT2D eigenvalue weighted by atomic mass is 31.2. The molecule has 1 unspecified atom stereocenters. The molecule has 0 saturated carbocycles. The summed E-state index contributed by atoms with van der Waals surface area (Å²) in [5.41, 5.74) is 0. The zero-order valence-corrected chi connectivity index (χ0v) is 30.6. The van der Waals surface area contributed by atoms with Crippen LogP contribution in [0.2, 0.25) is 0 Å². The molecule has 47 heavy (non-hydrogen) atoms. The van der Waals surface area contributed by atoms with Crippen LogP contribution in [0, 0.1) is 0 Å². The summed E-state index contributed by atoms with van der Waals surface area (Å²) in [7, 11) is -4.60. The zero-order chi connectivity index (χ0) is 34.9. The highest BCUT2D eigenvalue weighted by Crippen LogP contribution is 2.43. The van der Waals surface area contributed by atoms with Gasteiger partial charge in [0.05, 0.1) is 19.8 Å². The van der Waals surface area contributed by atoms with Crippen LogP contribution in [0.25, 0.3) is 0 Å². The third-order valence-electron chi connectivity index (χ3n) is 7.92. The van der Waals surface area contributed by atoms with E-state index in [1.165, 1.54) is 70.6 Å². The Labute approximate surface area is 286 Å². The van der Waals surface area contributed by atoms with Crippen LogP contribution in [0.3, 0.4) is 0 Å². The van der Waals surface area contributed by atoms with Gasteiger partial charge in [-0.15, -0.1) is 0 Å². The largest absolute Gasteiger partial charge is 0.472 e. The maximum atomic E-state index is 12.5. The molecule has 11 heteroatoms. The van der Waals surface area contributed by atoms with Crippen molar-refractivity contribution in [1.82, 2.24) is 0 Å².